The Labute approximate surface area is 113 Å². The van der Waals surface area contributed by atoms with E-state index in [4.69, 9.17) is 16.3 Å². The molecule has 0 bridgehead atoms. The van der Waals surface area contributed by atoms with Gasteiger partial charge < -0.3 is 10.1 Å². The normalized spacial score (nSPS) is 11.4. The van der Waals surface area contributed by atoms with Crippen LogP contribution in [0.4, 0.5) is 5.69 Å². The van der Waals surface area contributed by atoms with Crippen molar-refractivity contribution in [3.63, 3.8) is 0 Å². The summed E-state index contributed by atoms with van der Waals surface area (Å²) in [4.78, 5) is 0. The quantitative estimate of drug-likeness (QED) is 0.746. The zero-order valence-corrected chi connectivity index (χ0v) is 11.9. The van der Waals surface area contributed by atoms with E-state index in [0.717, 1.165) is 5.69 Å². The minimum absolute atomic E-state index is 0.114. The van der Waals surface area contributed by atoms with Crippen molar-refractivity contribution in [2.24, 2.45) is 0 Å². The average molecular weight is 292 g/mol. The molecule has 0 aromatic heterocycles. The first-order valence-corrected chi connectivity index (χ1v) is 7.92. The summed E-state index contributed by atoms with van der Waals surface area (Å²) in [5, 5.41) is 3.66. The largest absolute Gasteiger partial charge is 0.385 e. The Bertz CT molecular complexity index is 462. The van der Waals surface area contributed by atoms with E-state index in [0.29, 0.717) is 24.6 Å². The zero-order valence-electron chi connectivity index (χ0n) is 10.4. The molecule has 0 unspecified atom stereocenters. The van der Waals surface area contributed by atoms with Gasteiger partial charge >= 0.3 is 0 Å². The third-order valence-corrected chi connectivity index (χ3v) is 4.34. The Morgan fingerprint density at radius 1 is 1.33 bits per heavy atom. The van der Waals surface area contributed by atoms with Gasteiger partial charge in [-0.15, -0.1) is 0 Å². The summed E-state index contributed by atoms with van der Waals surface area (Å²) in [5.74, 6) is 0.279. The number of benzene rings is 1. The highest BCUT2D eigenvalue weighted by atomic mass is 35.5. The van der Waals surface area contributed by atoms with Gasteiger partial charge in [0.15, 0.2) is 9.84 Å². The highest BCUT2D eigenvalue weighted by Gasteiger charge is 2.09. The van der Waals surface area contributed by atoms with E-state index in [9.17, 15) is 8.42 Å². The fraction of sp³-hybridized carbons (Fsp3) is 0.500. The second kappa shape index (κ2) is 7.61. The molecule has 0 amide bonds. The van der Waals surface area contributed by atoms with Gasteiger partial charge in [0, 0.05) is 31.0 Å². The minimum atomic E-state index is -3.01. The van der Waals surface area contributed by atoms with Gasteiger partial charge in [-0.2, -0.15) is 0 Å². The number of sulfone groups is 1. The molecule has 1 N–H and O–H groups in total. The summed E-state index contributed by atoms with van der Waals surface area (Å²) in [7, 11) is -1.45. The number of hydrogen-bond acceptors (Lipinski definition) is 4. The van der Waals surface area contributed by atoms with Gasteiger partial charge in [0.2, 0.25) is 0 Å². The molecular formula is C12H18ClNO3S. The van der Waals surface area contributed by atoms with Gasteiger partial charge in [-0.25, -0.2) is 8.42 Å². The molecule has 4 nitrogen and oxygen atoms in total. The third-order valence-electron chi connectivity index (χ3n) is 2.37. The van der Waals surface area contributed by atoms with E-state index in [1.54, 1.807) is 19.2 Å². The molecule has 0 aliphatic rings. The molecule has 102 valence electrons. The van der Waals surface area contributed by atoms with Crippen LogP contribution in [-0.2, 0) is 14.6 Å². The summed E-state index contributed by atoms with van der Waals surface area (Å²) >= 11 is 5.83. The highest BCUT2D eigenvalue weighted by molar-refractivity contribution is 7.91. The lowest BCUT2D eigenvalue weighted by Crippen LogP contribution is -2.19. The molecule has 1 rings (SSSR count). The molecule has 1 aromatic carbocycles. The van der Waals surface area contributed by atoms with E-state index in [-0.39, 0.29) is 11.5 Å². The molecule has 0 fully saturated rings. The van der Waals surface area contributed by atoms with Crippen molar-refractivity contribution in [1.82, 2.24) is 0 Å². The molecule has 0 aliphatic carbocycles. The van der Waals surface area contributed by atoms with Crippen LogP contribution in [0.3, 0.4) is 0 Å². The first-order valence-electron chi connectivity index (χ1n) is 5.72. The second-order valence-corrected chi connectivity index (χ2v) is 6.68. The molecule has 0 radical (unpaired) electrons. The molecule has 0 atom stereocenters. The molecular weight excluding hydrogens is 274 g/mol. The van der Waals surface area contributed by atoms with Crippen LogP contribution in [0.25, 0.3) is 0 Å². The molecule has 0 aliphatic heterocycles. The van der Waals surface area contributed by atoms with E-state index >= 15 is 0 Å². The Balaban J connectivity index is 2.32. The lowest BCUT2D eigenvalue weighted by atomic mass is 10.3. The molecule has 0 saturated carbocycles. The third kappa shape index (κ3) is 6.23. The van der Waals surface area contributed by atoms with Crippen LogP contribution in [0, 0.1) is 0 Å². The van der Waals surface area contributed by atoms with E-state index in [2.05, 4.69) is 5.32 Å². The van der Waals surface area contributed by atoms with Gasteiger partial charge in [0.1, 0.15) is 0 Å². The van der Waals surface area contributed by atoms with E-state index < -0.39 is 9.84 Å². The number of ether oxygens (including phenoxy) is 1. The fourth-order valence-corrected chi connectivity index (χ4v) is 2.84. The first kappa shape index (κ1) is 15.3. The molecule has 1 aromatic rings. The Morgan fingerprint density at radius 2 is 2.11 bits per heavy atom. The van der Waals surface area contributed by atoms with Crippen molar-refractivity contribution in [3.05, 3.63) is 29.3 Å². The van der Waals surface area contributed by atoms with Crippen molar-refractivity contribution in [2.45, 2.75) is 6.42 Å². The maximum Gasteiger partial charge on any atom is 0.152 e. The average Bonchev–Trinajstić information content (AvgIpc) is 2.29. The standard InChI is InChI=1S/C12H18ClNO3S/c1-17-7-3-8-18(15,16)9-6-14-12-5-2-4-11(13)10-12/h2,4-5,10,14H,3,6-9H2,1H3. The number of nitrogens with one attached hydrogen (secondary N) is 1. The van der Waals surface area contributed by atoms with Crippen LogP contribution >= 0.6 is 11.6 Å². The van der Waals surface area contributed by atoms with E-state index in [1.807, 2.05) is 12.1 Å². The molecule has 6 heteroatoms. The van der Waals surface area contributed by atoms with Crippen LogP contribution in [0.1, 0.15) is 6.42 Å². The van der Waals surface area contributed by atoms with Crippen molar-refractivity contribution in [1.29, 1.82) is 0 Å². The Morgan fingerprint density at radius 3 is 2.78 bits per heavy atom. The van der Waals surface area contributed by atoms with E-state index in [1.165, 1.54) is 0 Å². The lowest BCUT2D eigenvalue weighted by Gasteiger charge is -2.07. The number of anilines is 1. The van der Waals surface area contributed by atoms with Crippen LogP contribution in [0.15, 0.2) is 24.3 Å². The predicted octanol–water partition coefficient (Wildman–Crippen LogP) is 2.20. The number of hydrogen-bond donors (Lipinski definition) is 1. The van der Waals surface area contributed by atoms with Crippen LogP contribution in [0.5, 0.6) is 0 Å². The number of rotatable bonds is 8. The van der Waals surface area contributed by atoms with Gasteiger partial charge in [0.25, 0.3) is 0 Å². The predicted molar refractivity (Wildman–Crippen MR) is 75.1 cm³/mol. The molecule has 0 heterocycles. The van der Waals surface area contributed by atoms with Crippen LogP contribution in [0.2, 0.25) is 5.02 Å². The summed E-state index contributed by atoms with van der Waals surface area (Å²) in [6, 6.07) is 7.20. The fourth-order valence-electron chi connectivity index (χ4n) is 1.47. The van der Waals surface area contributed by atoms with Gasteiger partial charge in [-0.3, -0.25) is 0 Å². The second-order valence-electron chi connectivity index (χ2n) is 3.94. The monoisotopic (exact) mass is 291 g/mol. The number of halogens is 1. The van der Waals surface area contributed by atoms with Gasteiger partial charge in [-0.05, 0) is 24.6 Å². The Kier molecular flexibility index (Phi) is 6.46. The zero-order chi connectivity index (χ0) is 13.4. The lowest BCUT2D eigenvalue weighted by molar-refractivity contribution is 0.199. The Hall–Kier alpha value is -0.780. The SMILES string of the molecule is COCCCS(=O)(=O)CCNc1cccc(Cl)c1. The summed E-state index contributed by atoms with van der Waals surface area (Å²) < 4.78 is 28.1. The van der Waals surface area contributed by atoms with Gasteiger partial charge in [-0.1, -0.05) is 17.7 Å². The first-order chi connectivity index (χ1) is 8.53. The maximum absolute atomic E-state index is 11.6. The minimum Gasteiger partial charge on any atom is -0.385 e. The maximum atomic E-state index is 11.6. The molecule has 0 saturated heterocycles. The topological polar surface area (TPSA) is 55.4 Å². The van der Waals surface area contributed by atoms with Crippen molar-refractivity contribution in [2.75, 3.05) is 37.1 Å². The summed E-state index contributed by atoms with van der Waals surface area (Å²) in [5.41, 5.74) is 0.828. The summed E-state index contributed by atoms with van der Waals surface area (Å²) in [6.07, 6.45) is 0.538. The smallest absolute Gasteiger partial charge is 0.152 e. The number of methoxy groups -OCH3 is 1. The van der Waals surface area contributed by atoms with Crippen LogP contribution in [-0.4, -0.2) is 40.2 Å². The highest BCUT2D eigenvalue weighted by Crippen LogP contribution is 2.14. The summed E-state index contributed by atoms with van der Waals surface area (Å²) in [6.45, 7) is 0.858. The van der Waals surface area contributed by atoms with Crippen LogP contribution < -0.4 is 5.32 Å². The molecule has 18 heavy (non-hydrogen) atoms. The molecule has 0 spiro atoms. The van der Waals surface area contributed by atoms with Gasteiger partial charge in [0.05, 0.1) is 11.5 Å². The van der Waals surface area contributed by atoms with Crippen molar-refractivity contribution in [3.8, 4) is 0 Å². The van der Waals surface area contributed by atoms with Crippen molar-refractivity contribution >= 4 is 27.1 Å². The van der Waals surface area contributed by atoms with Crippen molar-refractivity contribution < 1.29 is 13.2 Å².